The lowest BCUT2D eigenvalue weighted by atomic mass is 10.1. The van der Waals surface area contributed by atoms with E-state index in [0.29, 0.717) is 6.54 Å². The largest absolute Gasteiger partial charge is 0.370 e. The minimum atomic E-state index is 0.606. The summed E-state index contributed by atoms with van der Waals surface area (Å²) in [4.78, 5) is 2.23. The van der Waals surface area contributed by atoms with Crippen molar-refractivity contribution in [2.24, 2.45) is 5.73 Å². The third-order valence-electron chi connectivity index (χ3n) is 3.40. The van der Waals surface area contributed by atoms with Gasteiger partial charge in [-0.15, -0.1) is 0 Å². The quantitative estimate of drug-likeness (QED) is 0.907. The van der Waals surface area contributed by atoms with E-state index < -0.39 is 0 Å². The van der Waals surface area contributed by atoms with Crippen molar-refractivity contribution >= 4 is 17.3 Å². The van der Waals surface area contributed by atoms with E-state index in [9.17, 15) is 0 Å². The van der Waals surface area contributed by atoms with Crippen LogP contribution in [0.1, 0.15) is 16.7 Å². The molecule has 0 saturated heterocycles. The van der Waals surface area contributed by atoms with Crippen molar-refractivity contribution < 1.29 is 0 Å². The Morgan fingerprint density at radius 1 is 1.15 bits per heavy atom. The van der Waals surface area contributed by atoms with Crippen LogP contribution >= 0.6 is 11.6 Å². The highest BCUT2D eigenvalue weighted by atomic mass is 35.5. The molecule has 0 amide bonds. The summed E-state index contributed by atoms with van der Waals surface area (Å²) >= 11 is 6.30. The predicted molar refractivity (Wildman–Crippen MR) is 87.5 cm³/mol. The third-order valence-corrected chi connectivity index (χ3v) is 3.76. The summed E-state index contributed by atoms with van der Waals surface area (Å²) in [7, 11) is 2.09. The fraction of sp³-hybridized carbons (Fsp3) is 0.294. The predicted octanol–water partition coefficient (Wildman–Crippen LogP) is 3.79. The molecular formula is C17H21ClN2. The molecule has 2 N–H and O–H groups in total. The Morgan fingerprint density at radius 2 is 1.90 bits per heavy atom. The number of hydrogen-bond donors (Lipinski definition) is 1. The Morgan fingerprint density at radius 3 is 2.60 bits per heavy atom. The zero-order chi connectivity index (χ0) is 14.5. The molecule has 0 unspecified atom stereocenters. The number of halogens is 1. The van der Waals surface area contributed by atoms with Gasteiger partial charge in [0, 0.05) is 24.3 Å². The van der Waals surface area contributed by atoms with E-state index in [4.69, 9.17) is 17.3 Å². The molecule has 2 rings (SSSR count). The van der Waals surface area contributed by atoms with Crippen LogP contribution in [-0.2, 0) is 13.0 Å². The maximum Gasteiger partial charge on any atom is 0.0459 e. The van der Waals surface area contributed by atoms with E-state index in [0.717, 1.165) is 29.2 Å². The molecule has 20 heavy (non-hydrogen) atoms. The fourth-order valence-electron chi connectivity index (χ4n) is 2.47. The SMILES string of the molecule is Cc1cccc(CN(C)c2cccc(Cl)c2CCN)c1. The summed E-state index contributed by atoms with van der Waals surface area (Å²) in [5.74, 6) is 0. The first-order valence-electron chi connectivity index (χ1n) is 6.86. The molecule has 0 saturated carbocycles. The van der Waals surface area contributed by atoms with Crippen LogP contribution in [0.3, 0.4) is 0 Å². The lowest BCUT2D eigenvalue weighted by Gasteiger charge is -2.23. The van der Waals surface area contributed by atoms with Crippen molar-refractivity contribution in [3.63, 3.8) is 0 Å². The Hall–Kier alpha value is -1.51. The van der Waals surface area contributed by atoms with Crippen LogP contribution in [0.5, 0.6) is 0 Å². The molecule has 2 aromatic rings. The van der Waals surface area contributed by atoms with Gasteiger partial charge in [-0.05, 0) is 43.1 Å². The van der Waals surface area contributed by atoms with Crippen molar-refractivity contribution in [2.75, 3.05) is 18.5 Å². The number of rotatable bonds is 5. The first-order valence-corrected chi connectivity index (χ1v) is 7.23. The number of hydrogen-bond acceptors (Lipinski definition) is 2. The molecule has 2 aromatic carbocycles. The van der Waals surface area contributed by atoms with Gasteiger partial charge in [-0.3, -0.25) is 0 Å². The van der Waals surface area contributed by atoms with Crippen LogP contribution in [0.4, 0.5) is 5.69 Å². The van der Waals surface area contributed by atoms with Crippen LogP contribution in [0.15, 0.2) is 42.5 Å². The Labute approximate surface area is 126 Å². The van der Waals surface area contributed by atoms with Crippen molar-refractivity contribution in [1.29, 1.82) is 0 Å². The fourth-order valence-corrected chi connectivity index (χ4v) is 2.73. The molecule has 3 heteroatoms. The molecule has 0 aliphatic rings. The summed E-state index contributed by atoms with van der Waals surface area (Å²) in [5.41, 5.74) is 10.6. The number of aryl methyl sites for hydroxylation is 1. The second-order valence-corrected chi connectivity index (χ2v) is 5.53. The lowest BCUT2D eigenvalue weighted by Crippen LogP contribution is -2.19. The maximum atomic E-state index is 6.30. The zero-order valence-electron chi connectivity index (χ0n) is 12.1. The topological polar surface area (TPSA) is 29.3 Å². The van der Waals surface area contributed by atoms with E-state index in [2.05, 4.69) is 49.2 Å². The van der Waals surface area contributed by atoms with Gasteiger partial charge in [0.05, 0.1) is 0 Å². The summed E-state index contributed by atoms with van der Waals surface area (Å²) in [6, 6.07) is 14.6. The standard InChI is InChI=1S/C17H21ClN2/c1-13-5-3-6-14(11-13)12-20(2)17-8-4-7-16(18)15(17)9-10-19/h3-8,11H,9-10,12,19H2,1-2H3. The molecule has 0 heterocycles. The highest BCUT2D eigenvalue weighted by Crippen LogP contribution is 2.28. The first-order chi connectivity index (χ1) is 9.61. The Bertz CT molecular complexity index is 581. The van der Waals surface area contributed by atoms with Gasteiger partial charge in [0.25, 0.3) is 0 Å². The minimum absolute atomic E-state index is 0.606. The Kier molecular flexibility index (Phi) is 5.05. The number of nitrogens with zero attached hydrogens (tertiary/aromatic N) is 1. The molecule has 0 fully saturated rings. The van der Waals surface area contributed by atoms with Crippen LogP contribution in [0.2, 0.25) is 5.02 Å². The zero-order valence-corrected chi connectivity index (χ0v) is 12.8. The van der Waals surface area contributed by atoms with Crippen LogP contribution < -0.4 is 10.6 Å². The summed E-state index contributed by atoms with van der Waals surface area (Å²) in [5, 5.41) is 0.795. The number of benzene rings is 2. The number of anilines is 1. The first kappa shape index (κ1) is 14.9. The van der Waals surface area contributed by atoms with Gasteiger partial charge in [-0.1, -0.05) is 47.5 Å². The van der Waals surface area contributed by atoms with Gasteiger partial charge in [-0.25, -0.2) is 0 Å². The summed E-state index contributed by atoms with van der Waals surface area (Å²) in [6.45, 7) is 3.58. The van der Waals surface area contributed by atoms with E-state index in [1.54, 1.807) is 0 Å². The Balaban J connectivity index is 2.25. The van der Waals surface area contributed by atoms with Crippen molar-refractivity contribution in [1.82, 2.24) is 0 Å². The molecule has 0 bridgehead atoms. The molecule has 0 aliphatic carbocycles. The molecule has 0 radical (unpaired) electrons. The summed E-state index contributed by atoms with van der Waals surface area (Å²) < 4.78 is 0. The normalized spacial score (nSPS) is 10.6. The molecule has 0 aliphatic heterocycles. The average Bonchev–Trinajstić information content (AvgIpc) is 2.41. The lowest BCUT2D eigenvalue weighted by molar-refractivity contribution is 0.892. The third kappa shape index (κ3) is 3.53. The summed E-state index contributed by atoms with van der Waals surface area (Å²) in [6.07, 6.45) is 0.799. The van der Waals surface area contributed by atoms with Crippen LogP contribution in [0.25, 0.3) is 0 Å². The second-order valence-electron chi connectivity index (χ2n) is 5.12. The van der Waals surface area contributed by atoms with E-state index in [-0.39, 0.29) is 0 Å². The van der Waals surface area contributed by atoms with E-state index in [1.807, 2.05) is 12.1 Å². The molecule has 0 aromatic heterocycles. The van der Waals surface area contributed by atoms with Gasteiger partial charge in [0.15, 0.2) is 0 Å². The molecule has 0 spiro atoms. The molecule has 0 atom stereocenters. The number of nitrogens with two attached hydrogens (primary N) is 1. The second kappa shape index (κ2) is 6.78. The average molecular weight is 289 g/mol. The van der Waals surface area contributed by atoms with Crippen molar-refractivity contribution in [3.8, 4) is 0 Å². The van der Waals surface area contributed by atoms with Crippen LogP contribution in [0, 0.1) is 6.92 Å². The van der Waals surface area contributed by atoms with Gasteiger partial charge in [0.1, 0.15) is 0 Å². The van der Waals surface area contributed by atoms with E-state index >= 15 is 0 Å². The van der Waals surface area contributed by atoms with Gasteiger partial charge in [0.2, 0.25) is 0 Å². The minimum Gasteiger partial charge on any atom is -0.370 e. The van der Waals surface area contributed by atoms with Crippen molar-refractivity contribution in [2.45, 2.75) is 19.9 Å². The highest BCUT2D eigenvalue weighted by molar-refractivity contribution is 6.31. The van der Waals surface area contributed by atoms with Gasteiger partial charge in [-0.2, -0.15) is 0 Å². The van der Waals surface area contributed by atoms with Gasteiger partial charge >= 0.3 is 0 Å². The molecule has 2 nitrogen and oxygen atoms in total. The van der Waals surface area contributed by atoms with Crippen molar-refractivity contribution in [3.05, 3.63) is 64.2 Å². The maximum absolute atomic E-state index is 6.30. The van der Waals surface area contributed by atoms with E-state index in [1.165, 1.54) is 11.1 Å². The van der Waals surface area contributed by atoms with Crippen LogP contribution in [-0.4, -0.2) is 13.6 Å². The smallest absolute Gasteiger partial charge is 0.0459 e. The highest BCUT2D eigenvalue weighted by Gasteiger charge is 2.10. The molecule has 106 valence electrons. The van der Waals surface area contributed by atoms with Gasteiger partial charge < -0.3 is 10.6 Å². The molecular weight excluding hydrogens is 268 g/mol. The monoisotopic (exact) mass is 288 g/mol.